The molecule has 0 aliphatic heterocycles. The summed E-state index contributed by atoms with van der Waals surface area (Å²) < 4.78 is 6.03. The van der Waals surface area contributed by atoms with Crippen LogP contribution in [0.15, 0.2) is 36.4 Å². The van der Waals surface area contributed by atoms with Gasteiger partial charge in [0, 0.05) is 46.1 Å². The minimum atomic E-state index is -0.436. The topological polar surface area (TPSA) is 95.5 Å². The number of benzene rings is 2. The summed E-state index contributed by atoms with van der Waals surface area (Å²) in [6, 6.07) is 8.99. The Morgan fingerprint density at radius 3 is 1.52 bits per heavy atom. The van der Waals surface area contributed by atoms with E-state index in [0.717, 1.165) is 34.6 Å². The van der Waals surface area contributed by atoms with Crippen LogP contribution in [0, 0.1) is 20.2 Å². The van der Waals surface area contributed by atoms with Crippen LogP contribution in [0.4, 0.5) is 11.4 Å². The van der Waals surface area contributed by atoms with Crippen LogP contribution in [0.25, 0.3) is 0 Å². The third kappa shape index (κ3) is 6.00. The first-order valence-electron chi connectivity index (χ1n) is 8.30. The van der Waals surface area contributed by atoms with Crippen LogP contribution in [0.2, 0.25) is 0 Å². The fourth-order valence-electron chi connectivity index (χ4n) is 2.58. The van der Waals surface area contributed by atoms with Crippen molar-refractivity contribution in [3.8, 4) is 11.5 Å². The number of nitro groups is 2. The number of non-ortho nitro benzene ring substituents is 2. The Kier molecular flexibility index (Phi) is 8.18. The Morgan fingerprint density at radius 2 is 1.19 bits per heavy atom. The van der Waals surface area contributed by atoms with Crippen LogP contribution >= 0.6 is 31.9 Å². The number of rotatable bonds is 10. The SMILES string of the molecule is O=[N+]([O-])c1ccc(Oc2ccc([N+](=O)[O-])cc2CCCBr)c(CCCBr)c1. The Balaban J connectivity index is 2.39. The highest BCUT2D eigenvalue weighted by Crippen LogP contribution is 2.34. The summed E-state index contributed by atoms with van der Waals surface area (Å²) in [6.45, 7) is 0. The van der Waals surface area contributed by atoms with Crippen molar-refractivity contribution in [1.29, 1.82) is 0 Å². The van der Waals surface area contributed by atoms with Crippen molar-refractivity contribution in [2.75, 3.05) is 10.7 Å². The van der Waals surface area contributed by atoms with E-state index in [1.165, 1.54) is 24.3 Å². The zero-order valence-corrected chi connectivity index (χ0v) is 17.6. The van der Waals surface area contributed by atoms with E-state index in [1.54, 1.807) is 12.1 Å². The van der Waals surface area contributed by atoms with Crippen LogP contribution in [-0.2, 0) is 12.8 Å². The van der Waals surface area contributed by atoms with E-state index in [9.17, 15) is 20.2 Å². The number of nitrogens with zero attached hydrogens (tertiary/aromatic N) is 2. The van der Waals surface area contributed by atoms with E-state index in [0.29, 0.717) is 24.3 Å². The second-order valence-electron chi connectivity index (χ2n) is 5.79. The minimum Gasteiger partial charge on any atom is -0.457 e. The standard InChI is InChI=1S/C18H18Br2N2O5/c19-9-1-3-13-11-15(21(23)24)5-7-17(13)27-18-8-6-16(22(25)26)12-14(18)4-2-10-20/h5-8,11-12H,1-4,9-10H2. The number of ether oxygens (including phenoxy) is 1. The average Bonchev–Trinajstić information content (AvgIpc) is 2.65. The molecule has 0 bridgehead atoms. The third-order valence-corrected chi connectivity index (χ3v) is 5.01. The first-order valence-corrected chi connectivity index (χ1v) is 10.5. The molecule has 0 unspecified atom stereocenters. The summed E-state index contributed by atoms with van der Waals surface area (Å²) in [6.07, 6.45) is 2.83. The Labute approximate surface area is 173 Å². The minimum absolute atomic E-state index is 0.00938. The quantitative estimate of drug-likeness (QED) is 0.227. The molecule has 0 aromatic heterocycles. The molecule has 0 spiro atoms. The van der Waals surface area contributed by atoms with Crippen LogP contribution < -0.4 is 4.74 Å². The molecule has 0 saturated heterocycles. The predicted molar refractivity (Wildman–Crippen MR) is 110 cm³/mol. The van der Waals surface area contributed by atoms with Crippen molar-refractivity contribution in [1.82, 2.24) is 0 Å². The van der Waals surface area contributed by atoms with E-state index in [2.05, 4.69) is 31.9 Å². The number of hydrogen-bond donors (Lipinski definition) is 0. The molecular formula is C18H18Br2N2O5. The molecule has 0 aliphatic rings. The van der Waals surface area contributed by atoms with Crippen molar-refractivity contribution in [3.05, 3.63) is 67.8 Å². The van der Waals surface area contributed by atoms with Gasteiger partial charge < -0.3 is 4.74 Å². The van der Waals surface area contributed by atoms with Crippen molar-refractivity contribution in [3.63, 3.8) is 0 Å². The first kappa shape index (κ1) is 21.3. The number of aryl methyl sites for hydroxylation is 2. The highest BCUT2D eigenvalue weighted by atomic mass is 79.9. The second-order valence-corrected chi connectivity index (χ2v) is 7.37. The van der Waals surface area contributed by atoms with Gasteiger partial charge in [-0.1, -0.05) is 31.9 Å². The van der Waals surface area contributed by atoms with Crippen LogP contribution in [0.1, 0.15) is 24.0 Å². The van der Waals surface area contributed by atoms with Crippen molar-refractivity contribution in [2.45, 2.75) is 25.7 Å². The first-order chi connectivity index (χ1) is 13.0. The van der Waals surface area contributed by atoms with Gasteiger partial charge in [-0.15, -0.1) is 0 Å². The third-order valence-electron chi connectivity index (χ3n) is 3.89. The van der Waals surface area contributed by atoms with E-state index in [-0.39, 0.29) is 11.4 Å². The smallest absolute Gasteiger partial charge is 0.269 e. The summed E-state index contributed by atoms with van der Waals surface area (Å²) >= 11 is 6.73. The van der Waals surface area contributed by atoms with Gasteiger partial charge in [0.2, 0.25) is 0 Å². The molecule has 7 nitrogen and oxygen atoms in total. The number of alkyl halides is 2. The molecule has 9 heteroatoms. The lowest BCUT2D eigenvalue weighted by Crippen LogP contribution is -1.99. The normalized spacial score (nSPS) is 10.6. The summed E-state index contributed by atoms with van der Waals surface area (Å²) in [7, 11) is 0. The number of nitro benzene ring substituents is 2. The summed E-state index contributed by atoms with van der Waals surface area (Å²) in [4.78, 5) is 21.2. The van der Waals surface area contributed by atoms with Crippen LogP contribution in [-0.4, -0.2) is 20.5 Å². The molecule has 0 saturated carbocycles. The highest BCUT2D eigenvalue weighted by Gasteiger charge is 2.16. The predicted octanol–water partition coefficient (Wildman–Crippen LogP) is 5.95. The second kappa shape index (κ2) is 10.4. The van der Waals surface area contributed by atoms with E-state index < -0.39 is 9.85 Å². The zero-order valence-electron chi connectivity index (χ0n) is 14.4. The largest absolute Gasteiger partial charge is 0.457 e. The molecule has 0 amide bonds. The van der Waals surface area contributed by atoms with Crippen molar-refractivity contribution < 1.29 is 14.6 Å². The van der Waals surface area contributed by atoms with Crippen molar-refractivity contribution in [2.24, 2.45) is 0 Å². The lowest BCUT2D eigenvalue weighted by atomic mass is 10.1. The van der Waals surface area contributed by atoms with Gasteiger partial charge in [0.15, 0.2) is 0 Å². The fourth-order valence-corrected chi connectivity index (χ4v) is 3.14. The van der Waals surface area contributed by atoms with E-state index >= 15 is 0 Å². The molecule has 0 atom stereocenters. The van der Waals surface area contributed by atoms with E-state index in [1.807, 2.05) is 0 Å². The van der Waals surface area contributed by atoms with Gasteiger partial charge >= 0.3 is 0 Å². The molecule has 0 radical (unpaired) electrons. The highest BCUT2D eigenvalue weighted by molar-refractivity contribution is 9.09. The van der Waals surface area contributed by atoms with Gasteiger partial charge in [-0.25, -0.2) is 0 Å². The molecular weight excluding hydrogens is 484 g/mol. The molecule has 0 fully saturated rings. The van der Waals surface area contributed by atoms with Gasteiger partial charge in [-0.05, 0) is 37.8 Å². The average molecular weight is 502 g/mol. The zero-order chi connectivity index (χ0) is 19.8. The maximum atomic E-state index is 11.1. The molecule has 0 aliphatic carbocycles. The van der Waals surface area contributed by atoms with Gasteiger partial charge in [0.1, 0.15) is 11.5 Å². The monoisotopic (exact) mass is 500 g/mol. The maximum Gasteiger partial charge on any atom is 0.269 e. The number of halogens is 2. The molecule has 2 aromatic rings. The van der Waals surface area contributed by atoms with Gasteiger partial charge in [0.25, 0.3) is 11.4 Å². The molecule has 0 N–H and O–H groups in total. The molecule has 144 valence electrons. The fraction of sp³-hybridized carbons (Fsp3) is 0.333. The summed E-state index contributed by atoms with van der Waals surface area (Å²) in [5.74, 6) is 1.05. The lowest BCUT2D eigenvalue weighted by molar-refractivity contribution is -0.385. The molecule has 27 heavy (non-hydrogen) atoms. The molecule has 2 rings (SSSR count). The van der Waals surface area contributed by atoms with Gasteiger partial charge in [-0.3, -0.25) is 20.2 Å². The Bertz CT molecular complexity index is 762. The van der Waals surface area contributed by atoms with Gasteiger partial charge in [0.05, 0.1) is 9.85 Å². The maximum absolute atomic E-state index is 11.1. The Hall–Kier alpha value is -2.00. The van der Waals surface area contributed by atoms with Crippen LogP contribution in [0.3, 0.4) is 0 Å². The van der Waals surface area contributed by atoms with Crippen LogP contribution in [0.5, 0.6) is 11.5 Å². The number of hydrogen-bond acceptors (Lipinski definition) is 5. The van der Waals surface area contributed by atoms with Gasteiger partial charge in [-0.2, -0.15) is 0 Å². The molecule has 0 heterocycles. The lowest BCUT2D eigenvalue weighted by Gasteiger charge is -2.14. The Morgan fingerprint density at radius 1 is 0.778 bits per heavy atom. The van der Waals surface area contributed by atoms with E-state index in [4.69, 9.17) is 4.74 Å². The summed E-state index contributed by atoms with van der Waals surface area (Å²) in [5, 5.41) is 23.6. The van der Waals surface area contributed by atoms with Crippen molar-refractivity contribution >= 4 is 43.2 Å². The summed E-state index contributed by atoms with van der Waals surface area (Å²) in [5.41, 5.74) is 1.48. The molecule has 2 aromatic carbocycles.